The Morgan fingerprint density at radius 1 is 0.415 bits per heavy atom. The first-order valence-corrected chi connectivity index (χ1v) is 18.8. The lowest BCUT2D eigenvalue weighted by molar-refractivity contribution is 0.665. The van der Waals surface area contributed by atoms with E-state index in [0.717, 1.165) is 0 Å². The van der Waals surface area contributed by atoms with Crippen molar-refractivity contribution < 1.29 is 0 Å². The van der Waals surface area contributed by atoms with Crippen LogP contribution in [0.3, 0.4) is 0 Å². The first kappa shape index (κ1) is 29.2. The molecule has 1 aromatic heterocycles. The molecular weight excluding hydrogens is 639 g/mol. The van der Waals surface area contributed by atoms with Gasteiger partial charge in [-0.15, -0.1) is 0 Å². The molecule has 1 heteroatoms. The van der Waals surface area contributed by atoms with Crippen LogP contribution in [0.4, 0.5) is 0 Å². The van der Waals surface area contributed by atoms with Gasteiger partial charge in [0.1, 0.15) is 0 Å². The molecule has 0 spiro atoms. The lowest BCUT2D eigenvalue weighted by Crippen LogP contribution is -2.16. The molecule has 53 heavy (non-hydrogen) atoms. The normalized spacial score (nSPS) is 15.3. The molecule has 1 nitrogen and oxygen atoms in total. The molecule has 0 saturated heterocycles. The fourth-order valence-corrected chi connectivity index (χ4v) is 10.3. The van der Waals surface area contributed by atoms with E-state index in [1.54, 1.807) is 0 Å². The van der Waals surface area contributed by atoms with Crippen LogP contribution in [0.1, 0.15) is 47.6 Å². The zero-order chi connectivity index (χ0) is 35.0. The van der Waals surface area contributed by atoms with E-state index in [9.17, 15) is 0 Å². The highest BCUT2D eigenvalue weighted by Gasteiger charge is 2.39. The molecule has 0 fully saturated rings. The van der Waals surface area contributed by atoms with Gasteiger partial charge < -0.3 is 4.57 Å². The van der Waals surface area contributed by atoms with E-state index in [4.69, 9.17) is 0 Å². The Bertz CT molecular complexity index is 3190. The van der Waals surface area contributed by atoms with Crippen molar-refractivity contribution in [1.29, 1.82) is 0 Å². The molecular formula is C52H35N. The second-order valence-corrected chi connectivity index (χ2v) is 15.6. The van der Waals surface area contributed by atoms with E-state index in [2.05, 4.69) is 188 Å². The third kappa shape index (κ3) is 3.76. The van der Waals surface area contributed by atoms with E-state index < -0.39 is 0 Å². The summed E-state index contributed by atoms with van der Waals surface area (Å²) < 4.78 is 2.57. The van der Waals surface area contributed by atoms with Crippen molar-refractivity contribution in [3.05, 3.63) is 198 Å². The summed E-state index contributed by atoms with van der Waals surface area (Å²) in [6.45, 7) is 4.88. The minimum atomic E-state index is -0.223. The fourth-order valence-electron chi connectivity index (χ4n) is 10.3. The van der Waals surface area contributed by atoms with Crippen molar-refractivity contribution >= 4 is 54.1 Å². The van der Waals surface area contributed by atoms with Crippen LogP contribution >= 0.6 is 0 Å². The van der Waals surface area contributed by atoms with Crippen LogP contribution in [0.2, 0.25) is 0 Å². The Kier molecular flexibility index (Phi) is 5.69. The highest BCUT2D eigenvalue weighted by atomic mass is 15.0. The molecule has 0 N–H and O–H groups in total. The number of hydrogen-bond acceptors (Lipinski definition) is 0. The average Bonchev–Trinajstić information content (AvgIpc) is 3.80. The van der Waals surface area contributed by atoms with E-state index >= 15 is 0 Å². The van der Waals surface area contributed by atoms with Gasteiger partial charge in [0, 0.05) is 27.8 Å². The minimum Gasteiger partial charge on any atom is -0.309 e. The number of hydrogen-bond donors (Lipinski definition) is 0. The minimum absolute atomic E-state index is 0.223. The molecule has 0 aliphatic heterocycles. The molecule has 9 aromatic carbocycles. The lowest BCUT2D eigenvalue weighted by Gasteiger charge is -2.24. The summed E-state index contributed by atoms with van der Waals surface area (Å²) in [6, 6.07) is 63.9. The van der Waals surface area contributed by atoms with E-state index in [1.165, 1.54) is 110 Å². The number of rotatable bonds is 2. The molecule has 1 atom stereocenters. The second-order valence-electron chi connectivity index (χ2n) is 15.6. The van der Waals surface area contributed by atoms with Gasteiger partial charge in [-0.25, -0.2) is 0 Å². The molecule has 0 radical (unpaired) electrons. The SMILES string of the molecule is CC1(C)c2cc3c4ccccc4c4ccccc4c3cc2-c2ccc3c4ccccc4n(-c4ccc5c(c4)-c4ccccc4C5c4ccccc4)c3c21. The van der Waals surface area contributed by atoms with E-state index in [-0.39, 0.29) is 11.3 Å². The highest BCUT2D eigenvalue weighted by molar-refractivity contribution is 6.26. The Morgan fingerprint density at radius 2 is 1.02 bits per heavy atom. The summed E-state index contributed by atoms with van der Waals surface area (Å²) in [7, 11) is 0. The Labute approximate surface area is 308 Å². The van der Waals surface area contributed by atoms with Gasteiger partial charge in [-0.3, -0.25) is 0 Å². The molecule has 0 amide bonds. The second kappa shape index (κ2) is 10.3. The third-order valence-corrected chi connectivity index (χ3v) is 12.6. The predicted molar refractivity (Wildman–Crippen MR) is 224 cm³/mol. The van der Waals surface area contributed by atoms with E-state index in [1.807, 2.05) is 0 Å². The van der Waals surface area contributed by atoms with Gasteiger partial charge in [0.15, 0.2) is 0 Å². The zero-order valence-corrected chi connectivity index (χ0v) is 29.7. The van der Waals surface area contributed by atoms with Crippen molar-refractivity contribution in [3.8, 4) is 27.9 Å². The van der Waals surface area contributed by atoms with Crippen LogP contribution in [0.15, 0.2) is 170 Å². The summed E-state index contributed by atoms with van der Waals surface area (Å²) in [4.78, 5) is 0. The van der Waals surface area contributed by atoms with Crippen molar-refractivity contribution in [2.45, 2.75) is 25.2 Å². The van der Waals surface area contributed by atoms with Crippen LogP contribution in [0, 0.1) is 0 Å². The molecule has 0 saturated carbocycles. The lowest BCUT2D eigenvalue weighted by atomic mass is 9.80. The summed E-state index contributed by atoms with van der Waals surface area (Å²) in [5.41, 5.74) is 15.8. The van der Waals surface area contributed by atoms with Gasteiger partial charge in [-0.1, -0.05) is 153 Å². The summed E-state index contributed by atoms with van der Waals surface area (Å²) in [6.07, 6.45) is 0. The topological polar surface area (TPSA) is 4.93 Å². The van der Waals surface area contributed by atoms with E-state index in [0.29, 0.717) is 0 Å². The van der Waals surface area contributed by atoms with Crippen LogP contribution in [-0.4, -0.2) is 4.57 Å². The average molecular weight is 674 g/mol. The maximum absolute atomic E-state index is 2.57. The summed E-state index contributed by atoms with van der Waals surface area (Å²) in [5, 5.41) is 10.5. The number of fused-ring (bicyclic) bond motifs is 16. The molecule has 10 aromatic rings. The number of para-hydroxylation sites is 1. The van der Waals surface area contributed by atoms with Crippen LogP contribution < -0.4 is 0 Å². The molecule has 1 heterocycles. The first-order valence-electron chi connectivity index (χ1n) is 18.8. The third-order valence-electron chi connectivity index (χ3n) is 12.6. The predicted octanol–water partition coefficient (Wildman–Crippen LogP) is 13.7. The van der Waals surface area contributed by atoms with Crippen molar-refractivity contribution in [3.63, 3.8) is 0 Å². The number of nitrogens with zero attached hydrogens (tertiary/aromatic N) is 1. The van der Waals surface area contributed by atoms with Gasteiger partial charge in [0.25, 0.3) is 0 Å². The smallest absolute Gasteiger partial charge is 0.0588 e. The fraction of sp³-hybridized carbons (Fsp3) is 0.0769. The molecule has 2 aliphatic rings. The van der Waals surface area contributed by atoms with Gasteiger partial charge >= 0.3 is 0 Å². The largest absolute Gasteiger partial charge is 0.309 e. The van der Waals surface area contributed by atoms with Crippen molar-refractivity contribution in [2.75, 3.05) is 0 Å². The highest BCUT2D eigenvalue weighted by Crippen LogP contribution is 2.55. The van der Waals surface area contributed by atoms with Gasteiger partial charge in [-0.05, 0) is 113 Å². The zero-order valence-electron chi connectivity index (χ0n) is 29.7. The number of benzene rings is 9. The summed E-state index contributed by atoms with van der Waals surface area (Å²) >= 11 is 0. The molecule has 1 unspecified atom stereocenters. The standard InChI is InChI=1S/C52H35N/c1-52(2)47-30-45-36-19-9-7-17-34(36)33-16-6-8-18-35(33)44(45)29-46(47)41-26-27-42-38-21-12-13-23-48(38)53(51(42)50(41)52)32-24-25-40-43(28-32)37-20-10-11-22-39(37)49(40)31-14-4-3-5-15-31/h3-30,49H,1-2H3. The molecule has 248 valence electrons. The quantitative estimate of drug-likeness (QED) is 0.161. The van der Waals surface area contributed by atoms with Crippen LogP contribution in [0.25, 0.3) is 82.1 Å². The summed E-state index contributed by atoms with van der Waals surface area (Å²) in [5.74, 6) is 0.230. The van der Waals surface area contributed by atoms with Gasteiger partial charge in [0.2, 0.25) is 0 Å². The van der Waals surface area contributed by atoms with Gasteiger partial charge in [-0.2, -0.15) is 0 Å². The molecule has 2 aliphatic carbocycles. The maximum atomic E-state index is 2.57. The van der Waals surface area contributed by atoms with Crippen LogP contribution in [-0.2, 0) is 5.41 Å². The monoisotopic (exact) mass is 673 g/mol. The Balaban J connectivity index is 1.15. The molecule has 12 rings (SSSR count). The van der Waals surface area contributed by atoms with Crippen molar-refractivity contribution in [1.82, 2.24) is 4.57 Å². The molecule has 0 bridgehead atoms. The van der Waals surface area contributed by atoms with Gasteiger partial charge in [0.05, 0.1) is 11.0 Å². The maximum Gasteiger partial charge on any atom is 0.0588 e. The Hall–Kier alpha value is -6.44. The number of aromatic nitrogens is 1. The van der Waals surface area contributed by atoms with Crippen molar-refractivity contribution in [2.24, 2.45) is 0 Å². The van der Waals surface area contributed by atoms with Crippen LogP contribution in [0.5, 0.6) is 0 Å². The first-order chi connectivity index (χ1) is 26.1. The Morgan fingerprint density at radius 3 is 1.77 bits per heavy atom.